The Bertz CT molecular complexity index is 1310. The van der Waals surface area contributed by atoms with E-state index in [1.807, 2.05) is 30.3 Å². The van der Waals surface area contributed by atoms with Crippen molar-refractivity contribution in [3.8, 4) is 17.2 Å². The van der Waals surface area contributed by atoms with Gasteiger partial charge in [0.05, 0.1) is 7.11 Å². The summed E-state index contributed by atoms with van der Waals surface area (Å²) in [6.07, 6.45) is 3.74. The summed E-state index contributed by atoms with van der Waals surface area (Å²) in [5, 5.41) is 0. The molecule has 0 fully saturated rings. The summed E-state index contributed by atoms with van der Waals surface area (Å²) in [6, 6.07) is 23.7. The van der Waals surface area contributed by atoms with Crippen LogP contribution in [0.2, 0.25) is 0 Å². The normalized spacial score (nSPS) is 18.5. The molecule has 2 aliphatic heterocycles. The van der Waals surface area contributed by atoms with Crippen LogP contribution in [-0.4, -0.2) is 39.9 Å². The third-order valence-corrected chi connectivity index (χ3v) is 7.33. The van der Waals surface area contributed by atoms with Crippen LogP contribution in [0.5, 0.6) is 17.2 Å². The van der Waals surface area contributed by atoms with Gasteiger partial charge in [-0.05, 0) is 66.6 Å². The van der Waals surface area contributed by atoms with Crippen molar-refractivity contribution >= 4 is 10.1 Å². The number of methoxy groups -OCH3 is 1. The second-order valence-corrected chi connectivity index (χ2v) is 10.6. The van der Waals surface area contributed by atoms with Crippen LogP contribution in [0.25, 0.3) is 0 Å². The Morgan fingerprint density at radius 1 is 0.816 bits per heavy atom. The van der Waals surface area contributed by atoms with Crippen molar-refractivity contribution in [3.63, 3.8) is 0 Å². The van der Waals surface area contributed by atoms with E-state index in [9.17, 15) is 21.6 Å². The van der Waals surface area contributed by atoms with E-state index >= 15 is 0 Å². The largest absolute Gasteiger partial charge is 0.523 e. The average Bonchev–Trinajstić information content (AvgIpc) is 2.92. The number of benzene rings is 3. The van der Waals surface area contributed by atoms with Crippen LogP contribution in [-0.2, 0) is 33.6 Å². The summed E-state index contributed by atoms with van der Waals surface area (Å²) in [5.74, 6) is 2.50. The number of hydrogen-bond acceptors (Lipinski definition) is 6. The van der Waals surface area contributed by atoms with Gasteiger partial charge in [0.2, 0.25) is 0 Å². The van der Waals surface area contributed by atoms with Crippen LogP contribution in [0.4, 0.5) is 13.2 Å². The van der Waals surface area contributed by atoms with Gasteiger partial charge < -0.3 is 14.2 Å². The zero-order chi connectivity index (χ0) is 27.2. The van der Waals surface area contributed by atoms with Crippen molar-refractivity contribution in [2.45, 2.75) is 49.8 Å². The van der Waals surface area contributed by atoms with E-state index in [2.05, 4.69) is 34.5 Å². The van der Waals surface area contributed by atoms with Crippen LogP contribution in [0, 0.1) is 0 Å². The van der Waals surface area contributed by atoms with Gasteiger partial charge in [-0.1, -0.05) is 48.5 Å². The number of alkyl halides is 3. The Labute approximate surface area is 220 Å². The fourth-order valence-electron chi connectivity index (χ4n) is 4.28. The van der Waals surface area contributed by atoms with Gasteiger partial charge in [-0.3, -0.25) is 4.18 Å². The number of fused-ring (bicyclic) bond motifs is 2. The van der Waals surface area contributed by atoms with Crippen molar-refractivity contribution in [2.24, 2.45) is 0 Å². The molecule has 2 atom stereocenters. The van der Waals surface area contributed by atoms with E-state index in [4.69, 9.17) is 14.2 Å². The van der Waals surface area contributed by atoms with Gasteiger partial charge in [0.15, 0.2) is 0 Å². The standard InChI is InChI=1S/C17H18O2.C11H11F3O4S/c1-18-15-9-6-13(7-10-15)12-16-11-8-14-4-2-3-5-17(14)19-16;12-11(13,14)19(15,16)17-7-9-6-5-8-3-1-2-4-10(8)18-9/h2-7,9-10,16H,8,11-12H2,1H3;1-4,9H,5-7H2/t16-;9-/m11/s1. The first kappa shape index (κ1) is 27.8. The topological polar surface area (TPSA) is 71.1 Å². The number of aryl methyl sites for hydroxylation is 2. The summed E-state index contributed by atoms with van der Waals surface area (Å²) in [5.41, 5.74) is -1.84. The van der Waals surface area contributed by atoms with E-state index in [1.54, 1.807) is 19.2 Å². The lowest BCUT2D eigenvalue weighted by atomic mass is 9.98. The molecule has 0 aromatic heterocycles. The molecular weight excluding hydrogens is 521 g/mol. The third-order valence-electron chi connectivity index (χ3n) is 6.32. The molecule has 0 saturated heterocycles. The highest BCUT2D eigenvalue weighted by molar-refractivity contribution is 7.87. The molecule has 2 heterocycles. The van der Waals surface area contributed by atoms with Crippen LogP contribution in [0.3, 0.4) is 0 Å². The molecule has 0 radical (unpaired) electrons. The minimum atomic E-state index is -5.55. The maximum atomic E-state index is 12.1. The van der Waals surface area contributed by atoms with Crippen molar-refractivity contribution in [1.82, 2.24) is 0 Å². The molecule has 5 rings (SSSR count). The highest BCUT2D eigenvalue weighted by atomic mass is 32.2. The zero-order valence-electron chi connectivity index (χ0n) is 20.8. The maximum Gasteiger partial charge on any atom is 0.523 e. The fourth-order valence-corrected chi connectivity index (χ4v) is 4.74. The second kappa shape index (κ2) is 12.1. The van der Waals surface area contributed by atoms with Gasteiger partial charge in [-0.2, -0.15) is 21.6 Å². The number of rotatable bonds is 6. The van der Waals surface area contributed by atoms with E-state index in [0.29, 0.717) is 18.6 Å². The quantitative estimate of drug-likeness (QED) is 0.282. The summed E-state index contributed by atoms with van der Waals surface area (Å²) < 4.78 is 78.3. The number of halogens is 3. The van der Waals surface area contributed by atoms with Crippen LogP contribution in [0.15, 0.2) is 72.8 Å². The minimum Gasteiger partial charge on any atom is -0.497 e. The molecule has 3 aromatic rings. The fraction of sp³-hybridized carbons (Fsp3) is 0.357. The first-order valence-corrected chi connectivity index (χ1v) is 13.6. The molecule has 0 aliphatic carbocycles. The number of ether oxygens (including phenoxy) is 3. The van der Waals surface area contributed by atoms with Gasteiger partial charge in [0, 0.05) is 6.42 Å². The van der Waals surface area contributed by atoms with Crippen molar-refractivity contribution < 1.29 is 40.0 Å². The molecule has 3 aromatic carbocycles. The lowest BCUT2D eigenvalue weighted by molar-refractivity contribution is -0.0562. The van der Waals surface area contributed by atoms with Crippen molar-refractivity contribution in [3.05, 3.63) is 89.5 Å². The Morgan fingerprint density at radius 3 is 1.89 bits per heavy atom. The van der Waals surface area contributed by atoms with Gasteiger partial charge in [-0.15, -0.1) is 0 Å². The molecule has 6 nitrogen and oxygen atoms in total. The molecule has 10 heteroatoms. The molecule has 0 spiro atoms. The van der Waals surface area contributed by atoms with Crippen LogP contribution < -0.4 is 14.2 Å². The monoisotopic (exact) mass is 550 g/mol. The third kappa shape index (κ3) is 7.20. The summed E-state index contributed by atoms with van der Waals surface area (Å²) >= 11 is 0. The van der Waals surface area contributed by atoms with E-state index in [-0.39, 0.29) is 6.10 Å². The molecule has 0 N–H and O–H groups in total. The lowest BCUT2D eigenvalue weighted by Gasteiger charge is -2.26. The van der Waals surface area contributed by atoms with Crippen molar-refractivity contribution in [2.75, 3.05) is 13.7 Å². The first-order valence-electron chi connectivity index (χ1n) is 12.2. The number of para-hydroxylation sites is 2. The highest BCUT2D eigenvalue weighted by Crippen LogP contribution is 2.30. The second-order valence-electron chi connectivity index (χ2n) is 9.01. The molecule has 38 heavy (non-hydrogen) atoms. The van der Waals surface area contributed by atoms with E-state index in [1.165, 1.54) is 11.1 Å². The zero-order valence-corrected chi connectivity index (χ0v) is 21.6. The molecule has 0 saturated carbocycles. The molecular formula is C28H29F3O6S. The summed E-state index contributed by atoms with van der Waals surface area (Å²) in [6.45, 7) is -0.643. The lowest BCUT2D eigenvalue weighted by Crippen LogP contribution is -2.33. The Hall–Kier alpha value is -3.24. The summed E-state index contributed by atoms with van der Waals surface area (Å²) in [4.78, 5) is 0. The molecule has 0 amide bonds. The van der Waals surface area contributed by atoms with Gasteiger partial charge in [0.25, 0.3) is 0 Å². The maximum absolute atomic E-state index is 12.1. The smallest absolute Gasteiger partial charge is 0.497 e. The number of hydrogen-bond donors (Lipinski definition) is 0. The van der Waals surface area contributed by atoms with Crippen LogP contribution >= 0.6 is 0 Å². The highest BCUT2D eigenvalue weighted by Gasteiger charge is 2.47. The Morgan fingerprint density at radius 2 is 1.34 bits per heavy atom. The minimum absolute atomic E-state index is 0.281. The molecule has 0 bridgehead atoms. The Kier molecular flexibility index (Phi) is 8.83. The van der Waals surface area contributed by atoms with Gasteiger partial charge in [-0.25, -0.2) is 0 Å². The molecule has 204 valence electrons. The summed E-state index contributed by atoms with van der Waals surface area (Å²) in [7, 11) is -3.86. The molecule has 2 aliphatic rings. The Balaban J connectivity index is 0.000000177. The average molecular weight is 551 g/mol. The SMILES string of the molecule is COc1ccc(C[C@H]2CCc3ccccc3O2)cc1.O=S(=O)(OC[C@H]1CCc2ccccc2O1)C(F)(F)F. The van der Waals surface area contributed by atoms with Crippen LogP contribution in [0.1, 0.15) is 29.5 Å². The van der Waals surface area contributed by atoms with Gasteiger partial charge in [0.1, 0.15) is 36.1 Å². The van der Waals surface area contributed by atoms with Gasteiger partial charge >= 0.3 is 15.6 Å². The predicted molar refractivity (Wildman–Crippen MR) is 136 cm³/mol. The predicted octanol–water partition coefficient (Wildman–Crippen LogP) is 5.88. The van der Waals surface area contributed by atoms with Crippen molar-refractivity contribution in [1.29, 1.82) is 0 Å². The van der Waals surface area contributed by atoms with E-state index < -0.39 is 28.3 Å². The van der Waals surface area contributed by atoms with E-state index in [0.717, 1.165) is 36.3 Å². The molecule has 0 unspecified atom stereocenters. The first-order chi connectivity index (χ1) is 18.1.